The standard InChI is InChI=1S/C17H33N3O/c1-5-8-19-9-11-20(12-10-19)16(21)14-6-7-15(18)13(2)17(14,3)4/h13-15H,5-12,18H2,1-4H3. The van der Waals surface area contributed by atoms with Gasteiger partial charge < -0.3 is 10.6 Å². The fourth-order valence-electron chi connectivity index (χ4n) is 4.02. The minimum absolute atomic E-state index is 0.00923. The van der Waals surface area contributed by atoms with Gasteiger partial charge in [-0.25, -0.2) is 0 Å². The molecule has 0 radical (unpaired) electrons. The highest BCUT2D eigenvalue weighted by atomic mass is 16.2. The lowest BCUT2D eigenvalue weighted by molar-refractivity contribution is -0.145. The van der Waals surface area contributed by atoms with Crippen LogP contribution in [0.4, 0.5) is 0 Å². The van der Waals surface area contributed by atoms with Crippen molar-refractivity contribution < 1.29 is 4.79 Å². The first-order valence-electron chi connectivity index (χ1n) is 8.64. The van der Waals surface area contributed by atoms with Gasteiger partial charge in [-0.3, -0.25) is 9.69 Å². The summed E-state index contributed by atoms with van der Waals surface area (Å²) in [5.41, 5.74) is 6.22. The topological polar surface area (TPSA) is 49.6 Å². The molecular weight excluding hydrogens is 262 g/mol. The Bertz CT molecular complexity index is 361. The number of hydrogen-bond acceptors (Lipinski definition) is 3. The van der Waals surface area contributed by atoms with E-state index in [2.05, 4.69) is 37.5 Å². The van der Waals surface area contributed by atoms with E-state index in [0.29, 0.717) is 11.8 Å². The van der Waals surface area contributed by atoms with Gasteiger partial charge in [0.25, 0.3) is 0 Å². The molecule has 0 spiro atoms. The molecule has 1 aliphatic heterocycles. The quantitative estimate of drug-likeness (QED) is 0.865. The molecule has 0 aromatic carbocycles. The van der Waals surface area contributed by atoms with Crippen LogP contribution < -0.4 is 5.73 Å². The summed E-state index contributed by atoms with van der Waals surface area (Å²) < 4.78 is 0. The fraction of sp³-hybridized carbons (Fsp3) is 0.941. The summed E-state index contributed by atoms with van der Waals surface area (Å²) in [5.74, 6) is 0.918. The smallest absolute Gasteiger partial charge is 0.226 e. The highest BCUT2D eigenvalue weighted by Gasteiger charge is 2.46. The Labute approximate surface area is 130 Å². The largest absolute Gasteiger partial charge is 0.340 e. The molecule has 122 valence electrons. The number of rotatable bonds is 3. The molecule has 3 atom stereocenters. The van der Waals surface area contributed by atoms with Crippen molar-refractivity contribution >= 4 is 5.91 Å². The van der Waals surface area contributed by atoms with Crippen LogP contribution in [0.1, 0.15) is 47.0 Å². The molecule has 1 saturated carbocycles. The van der Waals surface area contributed by atoms with E-state index >= 15 is 0 Å². The third-order valence-corrected chi connectivity index (χ3v) is 6.02. The molecule has 2 N–H and O–H groups in total. The normalized spacial score (nSPS) is 34.0. The average molecular weight is 295 g/mol. The van der Waals surface area contributed by atoms with E-state index in [0.717, 1.165) is 45.6 Å². The molecule has 0 bridgehead atoms. The molecule has 1 amide bonds. The molecule has 3 unspecified atom stereocenters. The highest BCUT2D eigenvalue weighted by Crippen LogP contribution is 2.45. The predicted molar refractivity (Wildman–Crippen MR) is 87.0 cm³/mol. The number of hydrogen-bond donors (Lipinski definition) is 1. The molecular formula is C17H33N3O. The van der Waals surface area contributed by atoms with Crippen molar-refractivity contribution in [2.24, 2.45) is 23.0 Å². The molecule has 0 aromatic rings. The number of carbonyl (C=O) groups is 1. The van der Waals surface area contributed by atoms with E-state index in [1.807, 2.05) is 0 Å². The third-order valence-electron chi connectivity index (χ3n) is 6.02. The lowest BCUT2D eigenvalue weighted by Crippen LogP contribution is -2.56. The van der Waals surface area contributed by atoms with Gasteiger partial charge in [0, 0.05) is 38.1 Å². The van der Waals surface area contributed by atoms with Crippen molar-refractivity contribution in [1.29, 1.82) is 0 Å². The van der Waals surface area contributed by atoms with Gasteiger partial charge in [-0.1, -0.05) is 27.7 Å². The zero-order valence-corrected chi connectivity index (χ0v) is 14.3. The highest BCUT2D eigenvalue weighted by molar-refractivity contribution is 5.80. The van der Waals surface area contributed by atoms with Gasteiger partial charge in [0.15, 0.2) is 0 Å². The SMILES string of the molecule is CCCN1CCN(C(=O)C2CCC(N)C(C)C2(C)C)CC1. The van der Waals surface area contributed by atoms with Crippen molar-refractivity contribution in [3.63, 3.8) is 0 Å². The van der Waals surface area contributed by atoms with Gasteiger partial charge >= 0.3 is 0 Å². The molecule has 2 rings (SSSR count). The Hall–Kier alpha value is -0.610. The number of piperazine rings is 1. The number of amides is 1. The molecule has 4 heteroatoms. The average Bonchev–Trinajstić information content (AvgIpc) is 2.45. The monoisotopic (exact) mass is 295 g/mol. The van der Waals surface area contributed by atoms with Crippen molar-refractivity contribution in [3.8, 4) is 0 Å². The summed E-state index contributed by atoms with van der Waals surface area (Å²) in [6, 6.07) is 0.241. The zero-order valence-electron chi connectivity index (χ0n) is 14.3. The predicted octanol–water partition coefficient (Wildman–Crippen LogP) is 1.94. The van der Waals surface area contributed by atoms with Gasteiger partial charge in [0.05, 0.1) is 0 Å². The van der Waals surface area contributed by atoms with Crippen LogP contribution in [0.3, 0.4) is 0 Å². The van der Waals surface area contributed by atoms with Crippen LogP contribution in [0, 0.1) is 17.3 Å². The second-order valence-electron chi connectivity index (χ2n) is 7.57. The molecule has 1 saturated heterocycles. The lowest BCUT2D eigenvalue weighted by atomic mass is 9.60. The Morgan fingerprint density at radius 1 is 1.19 bits per heavy atom. The van der Waals surface area contributed by atoms with Crippen LogP contribution in [-0.4, -0.2) is 54.5 Å². The van der Waals surface area contributed by atoms with Gasteiger partial charge in [0.2, 0.25) is 5.91 Å². The maximum atomic E-state index is 13.0. The Morgan fingerprint density at radius 3 is 2.38 bits per heavy atom. The number of nitrogens with two attached hydrogens (primary N) is 1. The molecule has 4 nitrogen and oxygen atoms in total. The summed E-state index contributed by atoms with van der Waals surface area (Å²) in [6.45, 7) is 13.9. The van der Waals surface area contributed by atoms with Gasteiger partial charge in [-0.05, 0) is 37.1 Å². The maximum absolute atomic E-state index is 13.0. The van der Waals surface area contributed by atoms with E-state index in [4.69, 9.17) is 5.73 Å². The molecule has 2 fully saturated rings. The number of nitrogens with zero attached hydrogens (tertiary/aromatic N) is 2. The van der Waals surface area contributed by atoms with Gasteiger partial charge in [-0.2, -0.15) is 0 Å². The minimum atomic E-state index is 0.00923. The van der Waals surface area contributed by atoms with Gasteiger partial charge in [-0.15, -0.1) is 0 Å². The van der Waals surface area contributed by atoms with Crippen LogP contribution >= 0.6 is 0 Å². The molecule has 1 heterocycles. The summed E-state index contributed by atoms with van der Waals surface area (Å²) in [5, 5.41) is 0. The summed E-state index contributed by atoms with van der Waals surface area (Å²) >= 11 is 0. The Morgan fingerprint density at radius 2 is 1.81 bits per heavy atom. The second kappa shape index (κ2) is 6.66. The first-order chi connectivity index (χ1) is 9.87. The van der Waals surface area contributed by atoms with E-state index < -0.39 is 0 Å². The Kier molecular flexibility index (Phi) is 5.31. The first-order valence-corrected chi connectivity index (χ1v) is 8.64. The summed E-state index contributed by atoms with van der Waals surface area (Å²) in [7, 11) is 0. The molecule has 2 aliphatic rings. The van der Waals surface area contributed by atoms with E-state index in [1.165, 1.54) is 6.42 Å². The summed E-state index contributed by atoms with van der Waals surface area (Å²) in [4.78, 5) is 17.5. The van der Waals surface area contributed by atoms with E-state index in [-0.39, 0.29) is 17.4 Å². The lowest BCUT2D eigenvalue weighted by Gasteiger charge is -2.48. The van der Waals surface area contributed by atoms with Crippen LogP contribution in [0.15, 0.2) is 0 Å². The Balaban J connectivity index is 1.97. The number of carbonyl (C=O) groups excluding carboxylic acids is 1. The van der Waals surface area contributed by atoms with Crippen LogP contribution in [-0.2, 0) is 4.79 Å². The van der Waals surface area contributed by atoms with Crippen molar-refractivity contribution in [1.82, 2.24) is 9.80 Å². The van der Waals surface area contributed by atoms with E-state index in [9.17, 15) is 4.79 Å². The van der Waals surface area contributed by atoms with Crippen LogP contribution in [0.25, 0.3) is 0 Å². The minimum Gasteiger partial charge on any atom is -0.340 e. The molecule has 0 aromatic heterocycles. The van der Waals surface area contributed by atoms with Crippen LogP contribution in [0.5, 0.6) is 0 Å². The molecule has 1 aliphatic carbocycles. The van der Waals surface area contributed by atoms with Gasteiger partial charge in [0.1, 0.15) is 0 Å². The van der Waals surface area contributed by atoms with Crippen molar-refractivity contribution in [2.75, 3.05) is 32.7 Å². The van der Waals surface area contributed by atoms with Crippen LogP contribution in [0.2, 0.25) is 0 Å². The van der Waals surface area contributed by atoms with Crippen molar-refractivity contribution in [2.45, 2.75) is 53.0 Å². The van der Waals surface area contributed by atoms with E-state index in [1.54, 1.807) is 0 Å². The van der Waals surface area contributed by atoms with Crippen molar-refractivity contribution in [3.05, 3.63) is 0 Å². The second-order valence-corrected chi connectivity index (χ2v) is 7.57. The fourth-order valence-corrected chi connectivity index (χ4v) is 4.02. The third kappa shape index (κ3) is 3.42. The molecule has 21 heavy (non-hydrogen) atoms. The maximum Gasteiger partial charge on any atom is 0.226 e. The first kappa shape index (κ1) is 16.8. The zero-order chi connectivity index (χ0) is 15.6. The summed E-state index contributed by atoms with van der Waals surface area (Å²) in [6.07, 6.45) is 3.13.